The van der Waals surface area contributed by atoms with E-state index in [1.807, 2.05) is 75.6 Å². The molecule has 38 heavy (non-hydrogen) atoms. The van der Waals surface area contributed by atoms with Crippen LogP contribution in [0.3, 0.4) is 0 Å². The molecule has 3 aromatic carbocycles. The summed E-state index contributed by atoms with van der Waals surface area (Å²) in [7, 11) is 3.65. The van der Waals surface area contributed by atoms with Gasteiger partial charge >= 0.3 is 11.6 Å². The number of benzene rings is 3. The minimum Gasteiger partial charge on any atom is -0.424 e. The van der Waals surface area contributed by atoms with Crippen molar-refractivity contribution in [3.63, 3.8) is 0 Å². The van der Waals surface area contributed by atoms with Gasteiger partial charge in [-0.25, -0.2) is 4.79 Å². The summed E-state index contributed by atoms with van der Waals surface area (Å²) < 4.78 is 11.2. The van der Waals surface area contributed by atoms with E-state index in [0.29, 0.717) is 28.3 Å². The standard InChI is InChI=1S/C28H23ClN6O3/c1-17-14-25(36)38-24-15-22(12-13-23(17)24)37-28-33-26(32-27(34-28)35(2)3)31-21-10-8-20(9-11-21)30-16-18-4-6-19(29)7-5-18/h4-16H,1-3H3,(H,31,32,33,34). The fourth-order valence-corrected chi connectivity index (χ4v) is 3.71. The van der Waals surface area contributed by atoms with Crippen LogP contribution >= 0.6 is 11.6 Å². The number of hydrogen-bond donors (Lipinski definition) is 1. The summed E-state index contributed by atoms with van der Waals surface area (Å²) in [5, 5.41) is 4.69. The number of fused-ring (bicyclic) bond motifs is 1. The van der Waals surface area contributed by atoms with Crippen LogP contribution in [0.1, 0.15) is 11.1 Å². The number of hydrogen-bond acceptors (Lipinski definition) is 9. The summed E-state index contributed by atoms with van der Waals surface area (Å²) in [6.07, 6.45) is 1.77. The molecule has 0 atom stereocenters. The number of halogens is 1. The van der Waals surface area contributed by atoms with Crippen molar-refractivity contribution in [3.05, 3.63) is 99.4 Å². The van der Waals surface area contributed by atoms with Crippen molar-refractivity contribution < 1.29 is 9.15 Å². The molecule has 0 radical (unpaired) electrons. The molecule has 0 aliphatic heterocycles. The van der Waals surface area contributed by atoms with Crippen molar-refractivity contribution in [1.82, 2.24) is 15.0 Å². The van der Waals surface area contributed by atoms with Crippen molar-refractivity contribution in [3.8, 4) is 11.8 Å². The molecule has 9 nitrogen and oxygen atoms in total. The molecule has 2 aromatic heterocycles. The van der Waals surface area contributed by atoms with Gasteiger partial charge in [-0.1, -0.05) is 23.7 Å². The van der Waals surface area contributed by atoms with Crippen molar-refractivity contribution in [1.29, 1.82) is 0 Å². The van der Waals surface area contributed by atoms with Gasteiger partial charge in [-0.2, -0.15) is 15.0 Å². The molecule has 5 aromatic rings. The molecular weight excluding hydrogens is 504 g/mol. The zero-order valence-corrected chi connectivity index (χ0v) is 21.6. The lowest BCUT2D eigenvalue weighted by atomic mass is 10.1. The van der Waals surface area contributed by atoms with Crippen LogP contribution in [0.5, 0.6) is 11.8 Å². The van der Waals surface area contributed by atoms with Crippen molar-refractivity contribution in [2.45, 2.75) is 6.92 Å². The van der Waals surface area contributed by atoms with Crippen LogP contribution in [0.4, 0.5) is 23.3 Å². The Hall–Kier alpha value is -4.76. The predicted molar refractivity (Wildman–Crippen MR) is 150 cm³/mol. The Balaban J connectivity index is 1.35. The molecule has 0 unspecified atom stereocenters. The number of ether oxygens (including phenoxy) is 1. The highest BCUT2D eigenvalue weighted by atomic mass is 35.5. The van der Waals surface area contributed by atoms with Crippen molar-refractivity contribution in [2.24, 2.45) is 4.99 Å². The minimum atomic E-state index is -0.421. The molecule has 5 rings (SSSR count). The summed E-state index contributed by atoms with van der Waals surface area (Å²) in [5.41, 5.74) is 3.33. The van der Waals surface area contributed by atoms with Gasteiger partial charge in [-0.15, -0.1) is 0 Å². The van der Waals surface area contributed by atoms with E-state index in [2.05, 4.69) is 25.3 Å². The van der Waals surface area contributed by atoms with Gasteiger partial charge in [0.1, 0.15) is 11.3 Å². The first-order valence-electron chi connectivity index (χ1n) is 11.6. The number of rotatable bonds is 7. The van der Waals surface area contributed by atoms with Crippen LogP contribution in [0, 0.1) is 6.92 Å². The second kappa shape index (κ2) is 10.7. The van der Waals surface area contributed by atoms with Gasteiger partial charge in [-0.05, 0) is 66.6 Å². The molecule has 2 heterocycles. The van der Waals surface area contributed by atoms with Gasteiger partial charge in [-0.3, -0.25) is 4.99 Å². The Morgan fingerprint density at radius 1 is 0.974 bits per heavy atom. The third-order valence-corrected chi connectivity index (χ3v) is 5.74. The second-order valence-electron chi connectivity index (χ2n) is 8.63. The van der Waals surface area contributed by atoms with Crippen molar-refractivity contribution >= 4 is 52.1 Å². The zero-order chi connectivity index (χ0) is 26.6. The molecule has 0 aliphatic rings. The van der Waals surface area contributed by atoms with Crippen molar-refractivity contribution in [2.75, 3.05) is 24.3 Å². The summed E-state index contributed by atoms with van der Waals surface area (Å²) in [5.74, 6) is 1.14. The quantitative estimate of drug-likeness (QED) is 0.195. The fourth-order valence-electron chi connectivity index (χ4n) is 3.58. The first kappa shape index (κ1) is 24.9. The third kappa shape index (κ3) is 5.96. The normalized spacial score (nSPS) is 11.2. The van der Waals surface area contributed by atoms with E-state index in [0.717, 1.165) is 27.9 Å². The van der Waals surface area contributed by atoms with Crippen LogP contribution in [-0.2, 0) is 0 Å². The maximum Gasteiger partial charge on any atom is 0.336 e. The smallest absolute Gasteiger partial charge is 0.336 e. The molecule has 0 fully saturated rings. The third-order valence-electron chi connectivity index (χ3n) is 5.49. The first-order valence-corrected chi connectivity index (χ1v) is 12.0. The van der Waals surface area contributed by atoms with E-state index < -0.39 is 5.63 Å². The number of nitrogens with one attached hydrogen (secondary N) is 1. The number of nitrogens with zero attached hydrogens (tertiary/aromatic N) is 5. The molecular formula is C28H23ClN6O3. The lowest BCUT2D eigenvalue weighted by Crippen LogP contribution is -2.15. The molecule has 0 spiro atoms. The average Bonchev–Trinajstić information content (AvgIpc) is 2.89. The maximum absolute atomic E-state index is 11.8. The van der Waals surface area contributed by atoms with Crippen LogP contribution in [-0.4, -0.2) is 35.3 Å². The first-order chi connectivity index (χ1) is 18.3. The SMILES string of the molecule is Cc1cc(=O)oc2cc(Oc3nc(Nc4ccc(N=Cc5ccc(Cl)cc5)cc4)nc(N(C)C)n3)ccc12. The molecule has 190 valence electrons. The number of anilines is 3. The molecule has 10 heteroatoms. The molecule has 0 amide bonds. The number of aromatic nitrogens is 3. The van der Waals surface area contributed by atoms with E-state index in [9.17, 15) is 4.79 Å². The molecule has 0 saturated carbocycles. The second-order valence-corrected chi connectivity index (χ2v) is 9.06. The van der Waals surface area contributed by atoms with Gasteiger partial charge in [0, 0.05) is 48.5 Å². The molecule has 0 saturated heterocycles. The van der Waals surface area contributed by atoms with Crippen LogP contribution in [0.15, 0.2) is 87.0 Å². The lowest BCUT2D eigenvalue weighted by Gasteiger charge is -2.14. The largest absolute Gasteiger partial charge is 0.424 e. The van der Waals surface area contributed by atoms with Gasteiger partial charge < -0.3 is 19.4 Å². The lowest BCUT2D eigenvalue weighted by molar-refractivity contribution is 0.439. The number of aryl methyl sites for hydroxylation is 1. The summed E-state index contributed by atoms with van der Waals surface area (Å²) >= 11 is 5.93. The van der Waals surface area contributed by atoms with Gasteiger partial charge in [0.2, 0.25) is 11.9 Å². The van der Waals surface area contributed by atoms with Crippen LogP contribution in [0.25, 0.3) is 11.0 Å². The Morgan fingerprint density at radius 3 is 2.47 bits per heavy atom. The van der Waals surface area contributed by atoms with E-state index in [1.54, 1.807) is 23.2 Å². The van der Waals surface area contributed by atoms with Gasteiger partial charge in [0.15, 0.2) is 0 Å². The maximum atomic E-state index is 11.8. The number of aliphatic imine (C=N–C) groups is 1. The van der Waals surface area contributed by atoms with Crippen LogP contribution in [0.2, 0.25) is 5.02 Å². The molecule has 1 N–H and O–H groups in total. The molecule has 0 aliphatic carbocycles. The summed E-state index contributed by atoms with van der Waals surface area (Å²) in [6.45, 7) is 1.85. The Labute approximate surface area is 223 Å². The fraction of sp³-hybridized carbons (Fsp3) is 0.107. The topological polar surface area (TPSA) is 106 Å². The summed E-state index contributed by atoms with van der Waals surface area (Å²) in [6, 6.07) is 21.7. The highest BCUT2D eigenvalue weighted by molar-refractivity contribution is 6.30. The average molecular weight is 527 g/mol. The van der Waals surface area contributed by atoms with Gasteiger partial charge in [0.05, 0.1) is 5.69 Å². The highest BCUT2D eigenvalue weighted by Gasteiger charge is 2.12. The zero-order valence-electron chi connectivity index (χ0n) is 20.8. The van der Waals surface area contributed by atoms with E-state index in [1.165, 1.54) is 6.07 Å². The molecule has 0 bridgehead atoms. The predicted octanol–water partition coefficient (Wildman–Crippen LogP) is 6.29. The Kier molecular flexibility index (Phi) is 7.01. The van der Waals surface area contributed by atoms with E-state index >= 15 is 0 Å². The van der Waals surface area contributed by atoms with E-state index in [-0.39, 0.29) is 6.01 Å². The van der Waals surface area contributed by atoms with E-state index in [4.69, 9.17) is 20.8 Å². The Morgan fingerprint density at radius 2 is 1.74 bits per heavy atom. The van der Waals surface area contributed by atoms with Crippen LogP contribution < -0.4 is 20.6 Å². The minimum absolute atomic E-state index is 0.0877. The monoisotopic (exact) mass is 526 g/mol. The Bertz CT molecular complexity index is 1680. The summed E-state index contributed by atoms with van der Waals surface area (Å²) in [4.78, 5) is 31.3. The van der Waals surface area contributed by atoms with Gasteiger partial charge in [0.25, 0.3) is 0 Å². The highest BCUT2D eigenvalue weighted by Crippen LogP contribution is 2.27.